The fraction of sp³-hybridized carbons (Fsp3) is 0.375. The predicted molar refractivity (Wildman–Crippen MR) is 99.9 cm³/mol. The van der Waals surface area contributed by atoms with Gasteiger partial charge in [0.1, 0.15) is 16.0 Å². The van der Waals surface area contributed by atoms with Crippen LogP contribution in [0.15, 0.2) is 15.7 Å². The summed E-state index contributed by atoms with van der Waals surface area (Å²) in [5, 5.41) is 3.64. The van der Waals surface area contributed by atoms with Crippen LogP contribution in [-0.4, -0.2) is 35.1 Å². The number of aromatic nitrogens is 2. The maximum atomic E-state index is 14.8. The van der Waals surface area contributed by atoms with Crippen molar-refractivity contribution >= 4 is 49.9 Å². The number of fused-ring (bicyclic) bond motifs is 2. The van der Waals surface area contributed by atoms with Gasteiger partial charge in [0, 0.05) is 32.7 Å². The van der Waals surface area contributed by atoms with Gasteiger partial charge in [-0.25, -0.2) is 4.39 Å². The molecule has 1 aliphatic rings. The lowest BCUT2D eigenvalue weighted by atomic mass is 10.1. The molecule has 0 spiro atoms. The van der Waals surface area contributed by atoms with Crippen molar-refractivity contribution < 1.29 is 4.39 Å². The van der Waals surface area contributed by atoms with Crippen LogP contribution in [0.25, 0.3) is 21.1 Å². The van der Waals surface area contributed by atoms with Gasteiger partial charge < -0.3 is 14.8 Å². The molecule has 9 heteroatoms. The molecule has 0 atom stereocenters. The molecule has 0 saturated carbocycles. The van der Waals surface area contributed by atoms with Crippen molar-refractivity contribution in [3.8, 4) is 0 Å². The maximum Gasteiger partial charge on any atom is 0.271 e. The Morgan fingerprint density at radius 2 is 2.04 bits per heavy atom. The fourth-order valence-electron chi connectivity index (χ4n) is 3.44. The maximum absolute atomic E-state index is 14.8. The van der Waals surface area contributed by atoms with Crippen molar-refractivity contribution in [2.75, 3.05) is 31.1 Å². The molecule has 0 radical (unpaired) electrons. The summed E-state index contributed by atoms with van der Waals surface area (Å²) < 4.78 is 19.2. The van der Waals surface area contributed by atoms with Crippen molar-refractivity contribution in [2.45, 2.75) is 13.5 Å². The van der Waals surface area contributed by atoms with Gasteiger partial charge in [-0.2, -0.15) is 0 Å². The van der Waals surface area contributed by atoms with E-state index in [1.54, 1.807) is 0 Å². The van der Waals surface area contributed by atoms with Crippen molar-refractivity contribution in [1.29, 1.82) is 0 Å². The largest absolute Gasteiger partial charge is 0.365 e. The molecule has 1 saturated heterocycles. The first-order valence-corrected chi connectivity index (χ1v) is 9.25. The van der Waals surface area contributed by atoms with Crippen molar-refractivity contribution in [3.63, 3.8) is 0 Å². The Morgan fingerprint density at radius 3 is 2.72 bits per heavy atom. The number of pyridine rings is 1. The molecule has 6 nitrogen and oxygen atoms in total. The minimum absolute atomic E-state index is 0.0599. The highest BCUT2D eigenvalue weighted by Gasteiger charge is 2.24. The topological polar surface area (TPSA) is 70.1 Å². The van der Waals surface area contributed by atoms with E-state index in [0.717, 1.165) is 24.6 Å². The number of rotatable bonds is 2. The van der Waals surface area contributed by atoms with Crippen LogP contribution < -0.4 is 21.2 Å². The van der Waals surface area contributed by atoms with E-state index in [9.17, 15) is 14.0 Å². The summed E-state index contributed by atoms with van der Waals surface area (Å²) in [5.74, 6) is -0.537. The lowest BCUT2D eigenvalue weighted by Crippen LogP contribution is -2.44. The molecule has 0 amide bonds. The predicted octanol–water partition coefficient (Wildman–Crippen LogP) is 2.13. The molecule has 3 aromatic rings. The summed E-state index contributed by atoms with van der Waals surface area (Å²) in [6, 6.07) is 1.21. The number of benzene rings is 1. The third-order valence-electron chi connectivity index (χ3n) is 4.59. The number of halogens is 2. The van der Waals surface area contributed by atoms with Gasteiger partial charge in [0.2, 0.25) is 5.43 Å². The van der Waals surface area contributed by atoms with Gasteiger partial charge in [0.05, 0.1) is 21.6 Å². The van der Waals surface area contributed by atoms with E-state index >= 15 is 0 Å². The number of anilines is 1. The lowest BCUT2D eigenvalue weighted by Gasteiger charge is -2.31. The molecule has 0 bridgehead atoms. The number of nitrogens with one attached hydrogen (secondary N) is 2. The Bertz CT molecular complexity index is 1100. The van der Waals surface area contributed by atoms with Crippen LogP contribution in [0, 0.1) is 5.82 Å². The van der Waals surface area contributed by atoms with Gasteiger partial charge >= 0.3 is 0 Å². The van der Waals surface area contributed by atoms with Crippen LogP contribution in [0.3, 0.4) is 0 Å². The van der Waals surface area contributed by atoms with Gasteiger partial charge in [-0.05, 0) is 24.5 Å². The van der Waals surface area contributed by atoms with Crippen molar-refractivity contribution in [1.82, 2.24) is 14.3 Å². The average Bonchev–Trinajstić information content (AvgIpc) is 2.99. The highest BCUT2D eigenvalue weighted by Crippen LogP contribution is 2.37. The van der Waals surface area contributed by atoms with E-state index in [0.29, 0.717) is 35.7 Å². The zero-order chi connectivity index (χ0) is 17.7. The van der Waals surface area contributed by atoms with Gasteiger partial charge in [-0.1, -0.05) is 11.6 Å². The summed E-state index contributed by atoms with van der Waals surface area (Å²) in [4.78, 5) is 27.2. The number of piperazine rings is 1. The Balaban J connectivity index is 2.14. The Kier molecular flexibility index (Phi) is 4.05. The van der Waals surface area contributed by atoms with Gasteiger partial charge in [0.15, 0.2) is 0 Å². The number of hydrogen-bond donors (Lipinski definition) is 2. The van der Waals surface area contributed by atoms with Crippen molar-refractivity contribution in [3.05, 3.63) is 37.5 Å². The quantitative estimate of drug-likeness (QED) is 0.712. The fourth-order valence-corrected chi connectivity index (χ4v) is 4.76. The molecule has 0 unspecified atom stereocenters. The second-order valence-electron chi connectivity index (χ2n) is 5.94. The summed E-state index contributed by atoms with van der Waals surface area (Å²) in [6.45, 7) is 5.17. The van der Waals surface area contributed by atoms with Crippen LogP contribution in [0.1, 0.15) is 6.92 Å². The molecular formula is C16H16ClFN4O2S. The van der Waals surface area contributed by atoms with E-state index < -0.39 is 16.8 Å². The minimum Gasteiger partial charge on any atom is -0.365 e. The zero-order valence-corrected chi connectivity index (χ0v) is 15.1. The number of aryl methyl sites for hydroxylation is 1. The van der Waals surface area contributed by atoms with E-state index in [-0.39, 0.29) is 15.8 Å². The van der Waals surface area contributed by atoms with Crippen LogP contribution in [0.4, 0.5) is 10.1 Å². The van der Waals surface area contributed by atoms with Crippen LogP contribution in [0.2, 0.25) is 5.02 Å². The highest BCUT2D eigenvalue weighted by atomic mass is 35.5. The van der Waals surface area contributed by atoms with Gasteiger partial charge in [0.25, 0.3) is 5.56 Å². The number of hydrogen-bond acceptors (Lipinski definition) is 5. The molecule has 2 N–H and O–H groups in total. The molecule has 4 rings (SSSR count). The van der Waals surface area contributed by atoms with E-state index in [1.807, 2.05) is 16.4 Å². The first kappa shape index (κ1) is 16.6. The van der Waals surface area contributed by atoms with E-state index in [4.69, 9.17) is 11.6 Å². The van der Waals surface area contributed by atoms with Crippen LogP contribution in [-0.2, 0) is 6.54 Å². The standard InChI is InChI=1S/C16H16ClFN4O2S/c1-2-22-12-8(14(23)10-15(24)20-25-16(10)22)7-9(18)13(11(12)17)21-5-3-19-4-6-21/h7,19H,2-6H2,1H3,(H,20,24). The average molecular weight is 383 g/mol. The van der Waals surface area contributed by atoms with E-state index in [1.165, 1.54) is 6.07 Å². The third kappa shape index (κ3) is 2.39. The van der Waals surface area contributed by atoms with E-state index in [2.05, 4.69) is 9.69 Å². The second kappa shape index (κ2) is 6.12. The molecule has 1 fully saturated rings. The molecule has 3 heterocycles. The SMILES string of the molecule is CCn1c2s[nH]c(=O)c2c(=O)c2cc(F)c(N3CCNCC3)c(Cl)c21. The second-order valence-corrected chi connectivity index (χ2v) is 7.11. The minimum atomic E-state index is -0.537. The highest BCUT2D eigenvalue weighted by molar-refractivity contribution is 7.12. The monoisotopic (exact) mass is 382 g/mol. The molecule has 1 aromatic carbocycles. The first-order chi connectivity index (χ1) is 12.0. The summed E-state index contributed by atoms with van der Waals surface area (Å²) in [5.41, 5.74) is -0.131. The molecule has 1 aliphatic heterocycles. The zero-order valence-electron chi connectivity index (χ0n) is 13.5. The molecule has 2 aromatic heterocycles. The Hall–Kier alpha value is -1.90. The summed E-state index contributed by atoms with van der Waals surface area (Å²) in [6.07, 6.45) is 0. The summed E-state index contributed by atoms with van der Waals surface area (Å²) in [7, 11) is 0. The van der Waals surface area contributed by atoms with Gasteiger partial charge in [-0.3, -0.25) is 14.0 Å². The first-order valence-electron chi connectivity index (χ1n) is 8.06. The number of aromatic amines is 1. The summed E-state index contributed by atoms with van der Waals surface area (Å²) >= 11 is 7.70. The normalized spacial score (nSPS) is 15.4. The third-order valence-corrected chi connectivity index (χ3v) is 5.85. The van der Waals surface area contributed by atoms with Crippen molar-refractivity contribution in [2.24, 2.45) is 0 Å². The smallest absolute Gasteiger partial charge is 0.271 e. The molecule has 25 heavy (non-hydrogen) atoms. The lowest BCUT2D eigenvalue weighted by molar-refractivity contribution is 0.567. The molecular weight excluding hydrogens is 367 g/mol. The number of nitrogens with zero attached hydrogens (tertiary/aromatic N) is 2. The molecule has 132 valence electrons. The Morgan fingerprint density at radius 1 is 1.32 bits per heavy atom. The molecule has 0 aliphatic carbocycles. The van der Waals surface area contributed by atoms with Crippen LogP contribution >= 0.6 is 23.1 Å². The Labute approximate surface area is 151 Å². The number of H-pyrrole nitrogens is 1. The van der Waals surface area contributed by atoms with Gasteiger partial charge in [-0.15, -0.1) is 0 Å². The van der Waals surface area contributed by atoms with Crippen LogP contribution in [0.5, 0.6) is 0 Å².